The Morgan fingerprint density at radius 3 is 2.55 bits per heavy atom. The van der Waals surface area contributed by atoms with E-state index < -0.39 is 0 Å². The van der Waals surface area contributed by atoms with E-state index in [9.17, 15) is 0 Å². The van der Waals surface area contributed by atoms with Crippen molar-refractivity contribution >= 4 is 23.0 Å². The van der Waals surface area contributed by atoms with Gasteiger partial charge in [0, 0.05) is 35.5 Å². The third kappa shape index (κ3) is 3.74. The maximum Gasteiger partial charge on any atom is 0.174 e. The van der Waals surface area contributed by atoms with E-state index in [0.29, 0.717) is 5.11 Å². The lowest BCUT2D eigenvalue weighted by Gasteiger charge is -2.28. The largest absolute Gasteiger partial charge is 0.497 e. The van der Waals surface area contributed by atoms with Gasteiger partial charge in [-0.05, 0) is 74.1 Å². The highest BCUT2D eigenvalue weighted by atomic mass is 32.1. The fraction of sp³-hybridized carbons (Fsp3) is 0.192. The van der Waals surface area contributed by atoms with E-state index >= 15 is 0 Å². The third-order valence-corrected chi connectivity index (χ3v) is 6.44. The summed E-state index contributed by atoms with van der Waals surface area (Å²) in [6.45, 7) is 4.27. The van der Waals surface area contributed by atoms with Crippen LogP contribution in [0.25, 0.3) is 5.69 Å². The second kappa shape index (κ2) is 8.67. The van der Waals surface area contributed by atoms with Crippen LogP contribution in [0.3, 0.4) is 0 Å². The molecule has 2 atom stereocenters. The summed E-state index contributed by atoms with van der Waals surface area (Å²) in [7, 11) is 1.68. The van der Waals surface area contributed by atoms with Gasteiger partial charge in [0.2, 0.25) is 0 Å². The molecular formula is C26H25N5OS. The Morgan fingerprint density at radius 1 is 0.970 bits per heavy atom. The second-order valence-corrected chi connectivity index (χ2v) is 8.46. The molecule has 0 spiro atoms. The van der Waals surface area contributed by atoms with Crippen LogP contribution in [0.1, 0.15) is 34.7 Å². The molecule has 0 radical (unpaired) electrons. The first kappa shape index (κ1) is 21.2. The summed E-state index contributed by atoms with van der Waals surface area (Å²) in [4.78, 5) is 11.2. The fourth-order valence-corrected chi connectivity index (χ4v) is 5.03. The lowest BCUT2D eigenvalue weighted by molar-refractivity contribution is 0.415. The standard InChI is InChI=1S/C26H25N5OS/c1-17-14-22(18(2)30(17)20-9-7-12-27-16-20)25-24(23-11-4-5-13-28-23)29-26(33)31(25)19-8-6-10-21(15-19)32-3/h4-16,24-25H,1-3H3,(H,29,33)/t24-,25-/m1/s1. The summed E-state index contributed by atoms with van der Waals surface area (Å²) < 4.78 is 7.73. The van der Waals surface area contributed by atoms with Crippen molar-refractivity contribution in [3.8, 4) is 11.4 Å². The number of hydrogen-bond donors (Lipinski definition) is 1. The number of aryl methyl sites for hydroxylation is 1. The molecule has 1 fully saturated rings. The summed E-state index contributed by atoms with van der Waals surface area (Å²) in [5.41, 5.74) is 6.42. The van der Waals surface area contributed by atoms with E-state index in [0.717, 1.165) is 34.2 Å². The van der Waals surface area contributed by atoms with Crippen molar-refractivity contribution < 1.29 is 4.74 Å². The van der Waals surface area contributed by atoms with Crippen LogP contribution in [-0.4, -0.2) is 26.8 Å². The van der Waals surface area contributed by atoms with Crippen molar-refractivity contribution in [3.05, 3.63) is 102 Å². The monoisotopic (exact) mass is 455 g/mol. The number of thiocarbonyl (C=S) groups is 1. The van der Waals surface area contributed by atoms with E-state index in [1.54, 1.807) is 13.3 Å². The van der Waals surface area contributed by atoms with Gasteiger partial charge in [0.1, 0.15) is 5.75 Å². The Hall–Kier alpha value is -3.71. The van der Waals surface area contributed by atoms with Crippen LogP contribution in [0.5, 0.6) is 5.75 Å². The molecule has 4 aromatic rings. The number of benzene rings is 1. The number of ether oxygens (including phenoxy) is 1. The molecule has 166 valence electrons. The smallest absolute Gasteiger partial charge is 0.174 e. The average Bonchev–Trinajstić information content (AvgIpc) is 3.35. The SMILES string of the molecule is COc1cccc(N2C(=S)N[C@H](c3ccccn3)[C@H]2c2cc(C)n(-c3cccnc3)c2C)c1. The van der Waals surface area contributed by atoms with E-state index in [1.165, 1.54) is 5.56 Å². The Balaban J connectivity index is 1.68. The van der Waals surface area contributed by atoms with Crippen LogP contribution in [-0.2, 0) is 0 Å². The number of pyridine rings is 2. The number of aromatic nitrogens is 3. The molecule has 1 saturated heterocycles. The molecule has 6 nitrogen and oxygen atoms in total. The van der Waals surface area contributed by atoms with E-state index in [4.69, 9.17) is 17.0 Å². The molecule has 33 heavy (non-hydrogen) atoms. The molecule has 0 bridgehead atoms. The predicted octanol–water partition coefficient (Wildman–Crippen LogP) is 5.07. The number of nitrogens with zero attached hydrogens (tertiary/aromatic N) is 4. The molecular weight excluding hydrogens is 430 g/mol. The van der Waals surface area contributed by atoms with Crippen LogP contribution in [0.4, 0.5) is 5.69 Å². The van der Waals surface area contributed by atoms with Gasteiger partial charge in [0.05, 0.1) is 36.8 Å². The van der Waals surface area contributed by atoms with E-state index in [-0.39, 0.29) is 12.1 Å². The summed E-state index contributed by atoms with van der Waals surface area (Å²) in [5.74, 6) is 0.788. The highest BCUT2D eigenvalue weighted by Crippen LogP contribution is 2.44. The van der Waals surface area contributed by atoms with Crippen LogP contribution in [0.15, 0.2) is 79.3 Å². The van der Waals surface area contributed by atoms with Gasteiger partial charge < -0.3 is 19.5 Å². The minimum atomic E-state index is -0.104. The van der Waals surface area contributed by atoms with Crippen LogP contribution < -0.4 is 15.0 Å². The molecule has 4 heterocycles. The first-order valence-corrected chi connectivity index (χ1v) is 11.2. The lowest BCUT2D eigenvalue weighted by atomic mass is 9.96. The molecule has 1 aliphatic heterocycles. The van der Waals surface area contributed by atoms with Gasteiger partial charge in [-0.3, -0.25) is 9.97 Å². The van der Waals surface area contributed by atoms with Crippen molar-refractivity contribution in [2.45, 2.75) is 25.9 Å². The van der Waals surface area contributed by atoms with E-state index in [1.807, 2.05) is 54.9 Å². The summed E-state index contributed by atoms with van der Waals surface area (Å²) in [5, 5.41) is 4.20. The molecule has 5 rings (SSSR count). The minimum Gasteiger partial charge on any atom is -0.497 e. The van der Waals surface area contributed by atoms with E-state index in [2.05, 4.69) is 56.8 Å². The Morgan fingerprint density at radius 2 is 1.82 bits per heavy atom. The summed E-state index contributed by atoms with van der Waals surface area (Å²) in [6.07, 6.45) is 5.50. The quantitative estimate of drug-likeness (QED) is 0.424. The maximum absolute atomic E-state index is 5.86. The van der Waals surface area contributed by atoms with Gasteiger partial charge in [-0.25, -0.2) is 0 Å². The molecule has 3 aromatic heterocycles. The third-order valence-electron chi connectivity index (χ3n) is 6.12. The number of rotatable bonds is 5. The number of methoxy groups -OCH3 is 1. The molecule has 0 unspecified atom stereocenters. The maximum atomic E-state index is 5.86. The van der Waals surface area contributed by atoms with Crippen LogP contribution in [0, 0.1) is 13.8 Å². The number of anilines is 1. The van der Waals surface area contributed by atoms with Gasteiger partial charge >= 0.3 is 0 Å². The molecule has 7 heteroatoms. The Bertz CT molecular complexity index is 1290. The van der Waals surface area contributed by atoms with Crippen molar-refractivity contribution in [3.63, 3.8) is 0 Å². The number of hydrogen-bond acceptors (Lipinski definition) is 4. The molecule has 0 saturated carbocycles. The van der Waals surface area contributed by atoms with Crippen LogP contribution >= 0.6 is 12.2 Å². The van der Waals surface area contributed by atoms with Gasteiger partial charge in [0.25, 0.3) is 0 Å². The zero-order chi connectivity index (χ0) is 22.9. The summed E-state index contributed by atoms with van der Waals surface area (Å²) >= 11 is 5.86. The summed E-state index contributed by atoms with van der Waals surface area (Å²) in [6, 6.07) is 20.1. The predicted molar refractivity (Wildman–Crippen MR) is 134 cm³/mol. The normalized spacial score (nSPS) is 17.8. The number of nitrogens with one attached hydrogen (secondary N) is 1. The van der Waals surface area contributed by atoms with Crippen molar-refractivity contribution in [1.82, 2.24) is 19.9 Å². The highest BCUT2D eigenvalue weighted by Gasteiger charge is 2.42. The zero-order valence-corrected chi connectivity index (χ0v) is 19.6. The Kier molecular flexibility index (Phi) is 5.56. The average molecular weight is 456 g/mol. The molecule has 1 aliphatic rings. The van der Waals surface area contributed by atoms with Gasteiger partial charge in [-0.15, -0.1) is 0 Å². The van der Waals surface area contributed by atoms with Gasteiger partial charge in [0.15, 0.2) is 5.11 Å². The lowest BCUT2D eigenvalue weighted by Crippen LogP contribution is -2.29. The van der Waals surface area contributed by atoms with Crippen molar-refractivity contribution in [2.24, 2.45) is 0 Å². The van der Waals surface area contributed by atoms with Gasteiger partial charge in [-0.2, -0.15) is 0 Å². The van der Waals surface area contributed by atoms with Crippen molar-refractivity contribution in [1.29, 1.82) is 0 Å². The topological polar surface area (TPSA) is 55.2 Å². The van der Waals surface area contributed by atoms with Crippen molar-refractivity contribution in [2.75, 3.05) is 12.0 Å². The molecule has 1 N–H and O–H groups in total. The second-order valence-electron chi connectivity index (χ2n) is 8.07. The zero-order valence-electron chi connectivity index (χ0n) is 18.8. The molecule has 0 amide bonds. The van der Waals surface area contributed by atoms with Crippen LogP contribution in [0.2, 0.25) is 0 Å². The Labute approximate surface area is 198 Å². The fourth-order valence-electron chi connectivity index (χ4n) is 4.68. The minimum absolute atomic E-state index is 0.0869. The first-order valence-electron chi connectivity index (χ1n) is 10.8. The highest BCUT2D eigenvalue weighted by molar-refractivity contribution is 7.80. The van der Waals surface area contributed by atoms with Gasteiger partial charge in [-0.1, -0.05) is 12.1 Å². The molecule has 0 aliphatic carbocycles. The molecule has 1 aromatic carbocycles. The first-order chi connectivity index (χ1) is 16.1.